The zero-order chi connectivity index (χ0) is 22.6. The van der Waals surface area contributed by atoms with Crippen LogP contribution in [0.1, 0.15) is 22.9 Å². The van der Waals surface area contributed by atoms with Gasteiger partial charge in [-0.15, -0.1) is 0 Å². The summed E-state index contributed by atoms with van der Waals surface area (Å²) in [6, 6.07) is 16.7. The van der Waals surface area contributed by atoms with Gasteiger partial charge in [-0.25, -0.2) is 0 Å². The van der Waals surface area contributed by atoms with E-state index in [9.17, 15) is 9.59 Å². The number of aromatic nitrogens is 2. The van der Waals surface area contributed by atoms with Gasteiger partial charge in [0.25, 0.3) is 5.91 Å². The van der Waals surface area contributed by atoms with Crippen LogP contribution in [0, 0.1) is 0 Å². The number of rotatable bonds is 6. The molecule has 1 N–H and O–H groups in total. The molecule has 168 valence electrons. The molecule has 4 aromatic rings. The molecule has 1 saturated heterocycles. The average molecular weight is 446 g/mol. The van der Waals surface area contributed by atoms with E-state index in [-0.39, 0.29) is 30.4 Å². The highest BCUT2D eigenvalue weighted by molar-refractivity contribution is 6.10. The van der Waals surface area contributed by atoms with Gasteiger partial charge in [0, 0.05) is 36.9 Å². The molecule has 0 unspecified atom stereocenters. The zero-order valence-corrected chi connectivity index (χ0v) is 17.8. The van der Waals surface area contributed by atoms with Crippen molar-refractivity contribution in [1.82, 2.24) is 15.0 Å². The molecule has 0 bridgehead atoms. The van der Waals surface area contributed by atoms with E-state index in [0.717, 1.165) is 5.56 Å². The fourth-order valence-electron chi connectivity index (χ4n) is 3.71. The van der Waals surface area contributed by atoms with Crippen LogP contribution in [0.5, 0.6) is 0 Å². The van der Waals surface area contributed by atoms with Gasteiger partial charge in [0.05, 0.1) is 13.2 Å². The molecule has 3 heterocycles. The topological polar surface area (TPSA) is 111 Å². The maximum atomic E-state index is 13.1. The third kappa shape index (κ3) is 4.49. The second-order valence-corrected chi connectivity index (χ2v) is 7.63. The van der Waals surface area contributed by atoms with Crippen molar-refractivity contribution in [3.63, 3.8) is 0 Å². The van der Waals surface area contributed by atoms with Gasteiger partial charge in [0.15, 0.2) is 0 Å². The molecule has 2 amide bonds. The molecule has 2 aromatic carbocycles. The van der Waals surface area contributed by atoms with Gasteiger partial charge in [0.1, 0.15) is 11.3 Å². The Bertz CT molecular complexity index is 1270. The summed E-state index contributed by atoms with van der Waals surface area (Å²) in [6.07, 6.45) is 0.384. The van der Waals surface area contributed by atoms with E-state index in [4.69, 9.17) is 13.7 Å². The Morgan fingerprint density at radius 3 is 2.58 bits per heavy atom. The second kappa shape index (κ2) is 9.25. The molecule has 1 fully saturated rings. The van der Waals surface area contributed by atoms with Gasteiger partial charge in [-0.05, 0) is 12.1 Å². The molecule has 0 aliphatic carbocycles. The average Bonchev–Trinajstić information content (AvgIpc) is 3.49. The first kappa shape index (κ1) is 20.9. The number of carbonyl (C=O) groups excluding carboxylic acids is 2. The number of benzene rings is 2. The first-order chi connectivity index (χ1) is 16.2. The number of anilines is 1. The number of hydrogen-bond acceptors (Lipinski definition) is 7. The number of morpholine rings is 1. The lowest BCUT2D eigenvalue weighted by molar-refractivity contribution is -0.116. The van der Waals surface area contributed by atoms with Gasteiger partial charge >= 0.3 is 0 Å². The summed E-state index contributed by atoms with van der Waals surface area (Å²) in [6.45, 7) is 1.90. The minimum atomic E-state index is -0.281. The first-order valence-corrected chi connectivity index (χ1v) is 10.8. The quantitative estimate of drug-likeness (QED) is 0.482. The highest BCUT2D eigenvalue weighted by Gasteiger charge is 2.27. The molecule has 5 rings (SSSR count). The Morgan fingerprint density at radius 2 is 1.76 bits per heavy atom. The van der Waals surface area contributed by atoms with Gasteiger partial charge in [-0.2, -0.15) is 4.98 Å². The van der Waals surface area contributed by atoms with Gasteiger partial charge in [0.2, 0.25) is 23.4 Å². The molecule has 9 heteroatoms. The van der Waals surface area contributed by atoms with Crippen molar-refractivity contribution in [2.45, 2.75) is 12.8 Å². The standard InChI is InChI=1S/C24H22N4O5/c29-19(10-11-20-26-23(27-33-20)16-6-2-1-3-7-16)25-21-17-8-4-5-9-18(17)32-22(21)24(30)28-12-14-31-15-13-28/h1-9H,10-15H2,(H,25,29). The number of hydrogen-bond donors (Lipinski definition) is 1. The molecular formula is C24H22N4O5. The van der Waals surface area contributed by atoms with Gasteiger partial charge in [-0.3, -0.25) is 9.59 Å². The highest BCUT2D eigenvalue weighted by Crippen LogP contribution is 2.32. The van der Waals surface area contributed by atoms with Crippen molar-refractivity contribution >= 4 is 28.5 Å². The van der Waals surface area contributed by atoms with Crippen LogP contribution in [0.3, 0.4) is 0 Å². The van der Waals surface area contributed by atoms with Crippen molar-refractivity contribution in [2.75, 3.05) is 31.6 Å². The minimum absolute atomic E-state index is 0.112. The number of ether oxygens (including phenoxy) is 1. The summed E-state index contributed by atoms with van der Waals surface area (Å²) in [7, 11) is 0. The number of amides is 2. The predicted molar refractivity (Wildman–Crippen MR) is 120 cm³/mol. The molecule has 1 aliphatic rings. The summed E-state index contributed by atoms with van der Waals surface area (Å²) < 4.78 is 16.5. The molecular weight excluding hydrogens is 424 g/mol. The van der Waals surface area contributed by atoms with E-state index in [2.05, 4.69) is 15.5 Å². The van der Waals surface area contributed by atoms with E-state index in [1.54, 1.807) is 11.0 Å². The lowest BCUT2D eigenvalue weighted by Crippen LogP contribution is -2.40. The number of nitrogens with one attached hydrogen (secondary N) is 1. The summed E-state index contributed by atoms with van der Waals surface area (Å²) in [5.74, 6) is 0.415. The summed E-state index contributed by atoms with van der Waals surface area (Å²) in [5, 5.41) is 7.51. The largest absolute Gasteiger partial charge is 0.449 e. The van der Waals surface area contributed by atoms with Crippen molar-refractivity contribution in [3.05, 3.63) is 66.2 Å². The fraction of sp³-hybridized carbons (Fsp3) is 0.250. The van der Waals surface area contributed by atoms with Crippen LogP contribution in [0.4, 0.5) is 5.69 Å². The molecule has 9 nitrogen and oxygen atoms in total. The fourth-order valence-corrected chi connectivity index (χ4v) is 3.71. The number of aryl methyl sites for hydroxylation is 1. The van der Waals surface area contributed by atoms with Crippen LogP contribution >= 0.6 is 0 Å². The van der Waals surface area contributed by atoms with E-state index in [0.29, 0.717) is 54.7 Å². The Morgan fingerprint density at radius 1 is 1.00 bits per heavy atom. The minimum Gasteiger partial charge on any atom is -0.449 e. The zero-order valence-electron chi connectivity index (χ0n) is 17.8. The number of para-hydroxylation sites is 1. The highest BCUT2D eigenvalue weighted by atomic mass is 16.5. The van der Waals surface area contributed by atoms with Crippen LogP contribution in [-0.4, -0.2) is 53.2 Å². The van der Waals surface area contributed by atoms with Crippen LogP contribution in [0.15, 0.2) is 63.5 Å². The molecule has 0 atom stereocenters. The number of fused-ring (bicyclic) bond motifs is 1. The summed E-state index contributed by atoms with van der Waals surface area (Å²) in [5.41, 5.74) is 1.75. The number of carbonyl (C=O) groups is 2. The summed E-state index contributed by atoms with van der Waals surface area (Å²) >= 11 is 0. The predicted octanol–water partition coefficient (Wildman–Crippen LogP) is 3.53. The van der Waals surface area contributed by atoms with Crippen LogP contribution < -0.4 is 5.32 Å². The molecule has 33 heavy (non-hydrogen) atoms. The molecule has 0 spiro atoms. The molecule has 0 radical (unpaired) electrons. The van der Waals surface area contributed by atoms with Crippen LogP contribution in [-0.2, 0) is 16.0 Å². The lowest BCUT2D eigenvalue weighted by atomic mass is 10.2. The molecule has 0 saturated carbocycles. The SMILES string of the molecule is O=C(CCc1nc(-c2ccccc2)no1)Nc1c(C(=O)N2CCOCC2)oc2ccccc12. The maximum Gasteiger partial charge on any atom is 0.291 e. The third-order valence-electron chi connectivity index (χ3n) is 5.42. The van der Waals surface area contributed by atoms with Crippen molar-refractivity contribution in [1.29, 1.82) is 0 Å². The Hall–Kier alpha value is -3.98. The van der Waals surface area contributed by atoms with Gasteiger partial charge in [-0.1, -0.05) is 47.6 Å². The Balaban J connectivity index is 1.31. The number of furan rings is 1. The van der Waals surface area contributed by atoms with Gasteiger partial charge < -0.3 is 23.9 Å². The lowest BCUT2D eigenvalue weighted by Gasteiger charge is -2.26. The van der Waals surface area contributed by atoms with Crippen molar-refractivity contribution < 1.29 is 23.3 Å². The second-order valence-electron chi connectivity index (χ2n) is 7.63. The Kier molecular flexibility index (Phi) is 5.86. The normalized spacial score (nSPS) is 13.9. The van der Waals surface area contributed by atoms with E-state index >= 15 is 0 Å². The number of nitrogens with zero attached hydrogens (tertiary/aromatic N) is 3. The van der Waals surface area contributed by atoms with E-state index in [1.807, 2.05) is 48.5 Å². The monoisotopic (exact) mass is 446 g/mol. The van der Waals surface area contributed by atoms with Crippen molar-refractivity contribution in [3.8, 4) is 11.4 Å². The Labute approximate surface area is 189 Å². The molecule has 2 aromatic heterocycles. The third-order valence-corrected chi connectivity index (χ3v) is 5.42. The summed E-state index contributed by atoms with van der Waals surface area (Å²) in [4.78, 5) is 31.9. The van der Waals surface area contributed by atoms with E-state index in [1.165, 1.54) is 0 Å². The smallest absolute Gasteiger partial charge is 0.291 e. The molecule has 1 aliphatic heterocycles. The maximum absolute atomic E-state index is 13.1. The van der Waals surface area contributed by atoms with E-state index < -0.39 is 0 Å². The van der Waals surface area contributed by atoms with Crippen LogP contribution in [0.25, 0.3) is 22.4 Å². The van der Waals surface area contributed by atoms with Crippen LogP contribution in [0.2, 0.25) is 0 Å². The first-order valence-electron chi connectivity index (χ1n) is 10.8. The van der Waals surface area contributed by atoms with Crippen molar-refractivity contribution in [2.24, 2.45) is 0 Å².